The van der Waals surface area contributed by atoms with Gasteiger partial charge < -0.3 is 14.6 Å². The molecule has 0 saturated carbocycles. The quantitative estimate of drug-likeness (QED) is 0.0537. The van der Waals surface area contributed by atoms with Crippen molar-refractivity contribution in [2.75, 3.05) is 26.4 Å². The smallest absolute Gasteiger partial charge is 0.384 e. The zero-order valence-electron chi connectivity index (χ0n) is 22.5. The largest absolute Gasteiger partial charge is 0.462 e. The van der Waals surface area contributed by atoms with Gasteiger partial charge >= 0.3 is 41.5 Å². The molecule has 244 valence electrons. The first-order chi connectivity index (χ1) is 18.7. The van der Waals surface area contributed by atoms with Crippen molar-refractivity contribution >= 4 is 5.97 Å². The minimum absolute atomic E-state index is 0.0360. The summed E-state index contributed by atoms with van der Waals surface area (Å²) in [7, 11) is 0. The molecule has 0 heterocycles. The van der Waals surface area contributed by atoms with Crippen molar-refractivity contribution in [3.8, 4) is 0 Å². The lowest BCUT2D eigenvalue weighted by Gasteiger charge is -2.41. The Morgan fingerprint density at radius 2 is 1.10 bits per heavy atom. The number of aliphatic hydroxyl groups excluding tert-OH is 1. The lowest BCUT2D eigenvalue weighted by Crippen LogP contribution is -2.70. The second-order valence-electron chi connectivity index (χ2n) is 9.55. The maximum absolute atomic E-state index is 14.0. The average Bonchev–Trinajstić information content (AvgIpc) is 2.87. The summed E-state index contributed by atoms with van der Waals surface area (Å²) in [6, 6.07) is 0. The van der Waals surface area contributed by atoms with Crippen LogP contribution in [0.4, 0.5) is 52.7 Å². The van der Waals surface area contributed by atoms with E-state index in [-0.39, 0.29) is 38.2 Å². The number of halogens is 12. The molecular formula is C25H36F12O4. The van der Waals surface area contributed by atoms with E-state index in [1.54, 1.807) is 6.92 Å². The van der Waals surface area contributed by atoms with E-state index < -0.39 is 73.8 Å². The van der Waals surface area contributed by atoms with Crippen LogP contribution in [0, 0.1) is 0 Å². The Bertz CT molecular complexity index is 803. The highest BCUT2D eigenvalue weighted by Gasteiger charge is 2.89. The highest BCUT2D eigenvalue weighted by atomic mass is 19.4. The summed E-state index contributed by atoms with van der Waals surface area (Å²) in [6.07, 6.45) is -3.86. The first kappa shape index (κ1) is 39.3. The van der Waals surface area contributed by atoms with Gasteiger partial charge in [0.2, 0.25) is 0 Å². The monoisotopic (exact) mass is 628 g/mol. The second-order valence-corrected chi connectivity index (χ2v) is 9.55. The molecule has 0 bridgehead atoms. The molecule has 0 aliphatic carbocycles. The number of hydrogen-bond donors (Lipinski definition) is 1. The van der Waals surface area contributed by atoms with E-state index in [0.717, 1.165) is 0 Å². The normalized spacial score (nSPS) is 13.9. The van der Waals surface area contributed by atoms with Crippen LogP contribution in [0.1, 0.15) is 77.6 Å². The molecule has 0 unspecified atom stereocenters. The van der Waals surface area contributed by atoms with Crippen molar-refractivity contribution in [1.82, 2.24) is 0 Å². The van der Waals surface area contributed by atoms with Gasteiger partial charge in [-0.2, -0.15) is 52.7 Å². The van der Waals surface area contributed by atoms with Crippen LogP contribution < -0.4 is 0 Å². The number of alkyl halides is 12. The Balaban J connectivity index is 5.23. The number of carbonyl (C=O) groups excluding carboxylic acids is 1. The second kappa shape index (κ2) is 16.2. The van der Waals surface area contributed by atoms with Crippen LogP contribution in [-0.2, 0) is 14.3 Å². The summed E-state index contributed by atoms with van der Waals surface area (Å²) in [5.74, 6) is -42.8. The highest BCUT2D eigenvalue weighted by Crippen LogP contribution is 2.61. The predicted molar refractivity (Wildman–Crippen MR) is 124 cm³/mol. The topological polar surface area (TPSA) is 55.8 Å². The van der Waals surface area contributed by atoms with E-state index in [0.29, 0.717) is 32.1 Å². The molecule has 0 aromatic heterocycles. The fraction of sp³-hybridized carbons (Fsp3) is 0.880. The molecule has 0 aliphatic heterocycles. The van der Waals surface area contributed by atoms with Crippen LogP contribution in [0.25, 0.3) is 0 Å². The molecule has 0 aliphatic rings. The summed E-state index contributed by atoms with van der Waals surface area (Å²) >= 11 is 0. The van der Waals surface area contributed by atoms with E-state index >= 15 is 0 Å². The van der Waals surface area contributed by atoms with Crippen molar-refractivity contribution in [2.24, 2.45) is 0 Å². The summed E-state index contributed by atoms with van der Waals surface area (Å²) < 4.78 is 177. The molecule has 0 rings (SSSR count). The summed E-state index contributed by atoms with van der Waals surface area (Å²) in [6.45, 7) is 3.58. The number of hydrogen-bond acceptors (Lipinski definition) is 4. The predicted octanol–water partition coefficient (Wildman–Crippen LogP) is 8.22. The van der Waals surface area contributed by atoms with Gasteiger partial charge in [0.1, 0.15) is 0 Å². The Hall–Kier alpha value is -1.71. The molecule has 0 amide bonds. The zero-order valence-corrected chi connectivity index (χ0v) is 22.5. The molecule has 0 saturated heterocycles. The number of esters is 1. The van der Waals surface area contributed by atoms with Gasteiger partial charge in [-0.1, -0.05) is 39.2 Å². The number of carbonyl (C=O) groups is 1. The van der Waals surface area contributed by atoms with Crippen molar-refractivity contribution in [2.45, 2.75) is 113 Å². The van der Waals surface area contributed by atoms with E-state index in [4.69, 9.17) is 9.84 Å². The Kier molecular flexibility index (Phi) is 15.5. The lowest BCUT2D eigenvalue weighted by atomic mass is 9.88. The molecule has 0 radical (unpaired) electrons. The summed E-state index contributed by atoms with van der Waals surface area (Å²) in [5, 5.41) is 8.63. The van der Waals surface area contributed by atoms with Crippen molar-refractivity contribution in [3.05, 3.63) is 12.2 Å². The van der Waals surface area contributed by atoms with Crippen molar-refractivity contribution < 1.29 is 72.1 Å². The molecule has 0 aromatic carbocycles. The number of rotatable bonds is 23. The Morgan fingerprint density at radius 3 is 1.59 bits per heavy atom. The van der Waals surface area contributed by atoms with Gasteiger partial charge in [0.25, 0.3) is 0 Å². The molecular weight excluding hydrogens is 592 g/mol. The maximum Gasteiger partial charge on any atom is 0.384 e. The minimum atomic E-state index is -7.61. The minimum Gasteiger partial charge on any atom is -0.462 e. The first-order valence-corrected chi connectivity index (χ1v) is 13.0. The molecule has 1 N–H and O–H groups in total. The zero-order chi connectivity index (χ0) is 32.2. The van der Waals surface area contributed by atoms with E-state index in [9.17, 15) is 57.5 Å². The standard InChI is InChI=1S/C25H36F12O4/c1-3-4-5-6-8-12-20(26,27)22(30,31)24(34,35)25(36,37)23(32,33)21(28,29)13-11-16-41-19(39)18(2)17-40-15-10-7-9-14-38/h38H,2-17H2,1H3. The third-order valence-electron chi connectivity index (χ3n) is 6.08. The number of unbranched alkanes of at least 4 members (excludes halogenated alkanes) is 6. The Labute approximate surface area is 230 Å². The van der Waals surface area contributed by atoms with Crippen LogP contribution >= 0.6 is 0 Å². The van der Waals surface area contributed by atoms with Crippen molar-refractivity contribution in [1.29, 1.82) is 0 Å². The molecule has 0 spiro atoms. The van der Waals surface area contributed by atoms with Crippen LogP contribution in [0.2, 0.25) is 0 Å². The van der Waals surface area contributed by atoms with Gasteiger partial charge in [0, 0.05) is 26.1 Å². The third kappa shape index (κ3) is 9.92. The first-order valence-electron chi connectivity index (χ1n) is 13.0. The molecule has 16 heteroatoms. The molecule has 41 heavy (non-hydrogen) atoms. The lowest BCUT2D eigenvalue weighted by molar-refractivity contribution is -0.425. The molecule has 0 atom stereocenters. The fourth-order valence-electron chi connectivity index (χ4n) is 3.43. The van der Waals surface area contributed by atoms with E-state index in [1.807, 2.05) is 0 Å². The molecule has 0 aromatic rings. The average molecular weight is 629 g/mol. The van der Waals surface area contributed by atoms with Gasteiger partial charge in [0.05, 0.1) is 18.8 Å². The highest BCUT2D eigenvalue weighted by molar-refractivity contribution is 5.87. The summed E-state index contributed by atoms with van der Waals surface area (Å²) in [5.41, 5.74) is -0.344. The van der Waals surface area contributed by atoms with Gasteiger partial charge in [-0.3, -0.25) is 0 Å². The SMILES string of the molecule is C=C(COCCCCCO)C(=O)OCCCC(F)(F)C(F)(F)C(F)(F)C(F)(F)C(F)(F)C(F)(F)CCCCCCC. The number of ether oxygens (including phenoxy) is 2. The van der Waals surface area contributed by atoms with Crippen LogP contribution in [0.15, 0.2) is 12.2 Å². The molecule has 4 nitrogen and oxygen atoms in total. The van der Waals surface area contributed by atoms with Gasteiger partial charge in [0.15, 0.2) is 0 Å². The summed E-state index contributed by atoms with van der Waals surface area (Å²) in [4.78, 5) is 11.7. The van der Waals surface area contributed by atoms with Crippen LogP contribution in [0.3, 0.4) is 0 Å². The van der Waals surface area contributed by atoms with Crippen LogP contribution in [0.5, 0.6) is 0 Å². The third-order valence-corrected chi connectivity index (χ3v) is 6.08. The maximum atomic E-state index is 14.0. The Morgan fingerprint density at radius 1 is 0.634 bits per heavy atom. The number of aliphatic hydroxyl groups is 1. The van der Waals surface area contributed by atoms with Gasteiger partial charge in [-0.05, 0) is 32.1 Å². The van der Waals surface area contributed by atoms with E-state index in [1.165, 1.54) is 0 Å². The van der Waals surface area contributed by atoms with Gasteiger partial charge in [-0.25, -0.2) is 4.79 Å². The van der Waals surface area contributed by atoms with Gasteiger partial charge in [-0.15, -0.1) is 0 Å². The van der Waals surface area contributed by atoms with Crippen LogP contribution in [-0.4, -0.2) is 73.0 Å². The fourth-order valence-corrected chi connectivity index (χ4v) is 3.43. The van der Waals surface area contributed by atoms with E-state index in [2.05, 4.69) is 11.3 Å². The van der Waals surface area contributed by atoms with Crippen molar-refractivity contribution in [3.63, 3.8) is 0 Å². The molecule has 0 fully saturated rings.